The number of hydrogen-bond donors (Lipinski definition) is 0. The first-order valence-corrected chi connectivity index (χ1v) is 8.26. The van der Waals surface area contributed by atoms with Gasteiger partial charge >= 0.3 is 5.97 Å². The standard InChI is InChI=1S/C16H17BrN2O3/c1-2-22-15(21)16(7-9-17)8-10-19(14(16)20)13-5-3-12(11-18)4-6-13/h3-6H,2,7-10H2,1H3. The van der Waals surface area contributed by atoms with Crippen LogP contribution in [0.5, 0.6) is 0 Å². The zero-order chi connectivity index (χ0) is 16.2. The van der Waals surface area contributed by atoms with E-state index in [0.717, 1.165) is 0 Å². The molecule has 0 saturated carbocycles. The van der Waals surface area contributed by atoms with Crippen LogP contribution in [-0.4, -0.2) is 30.4 Å². The van der Waals surface area contributed by atoms with E-state index < -0.39 is 11.4 Å². The fraction of sp³-hybridized carbons (Fsp3) is 0.438. The highest BCUT2D eigenvalue weighted by atomic mass is 79.9. The van der Waals surface area contributed by atoms with Crippen LogP contribution >= 0.6 is 15.9 Å². The van der Waals surface area contributed by atoms with Gasteiger partial charge in [0, 0.05) is 17.6 Å². The quantitative estimate of drug-likeness (QED) is 0.457. The fourth-order valence-electron chi connectivity index (χ4n) is 2.69. The number of anilines is 1. The van der Waals surface area contributed by atoms with Crippen LogP contribution in [0.3, 0.4) is 0 Å². The summed E-state index contributed by atoms with van der Waals surface area (Å²) in [5.41, 5.74) is 0.130. The molecular weight excluding hydrogens is 348 g/mol. The predicted octanol–water partition coefficient (Wildman–Crippen LogP) is 2.63. The maximum Gasteiger partial charge on any atom is 0.321 e. The summed E-state index contributed by atoms with van der Waals surface area (Å²) in [6.07, 6.45) is 0.855. The van der Waals surface area contributed by atoms with Crippen LogP contribution < -0.4 is 4.90 Å². The third-order valence-corrected chi connectivity index (χ3v) is 4.31. The average molecular weight is 365 g/mol. The number of esters is 1. The summed E-state index contributed by atoms with van der Waals surface area (Å²) >= 11 is 3.32. The number of carbonyl (C=O) groups is 2. The van der Waals surface area contributed by atoms with E-state index >= 15 is 0 Å². The van der Waals surface area contributed by atoms with Crippen LogP contribution in [0.1, 0.15) is 25.3 Å². The first-order chi connectivity index (χ1) is 10.6. The van der Waals surface area contributed by atoms with Gasteiger partial charge in [0.2, 0.25) is 5.91 Å². The molecule has 1 unspecified atom stereocenters. The highest BCUT2D eigenvalue weighted by Gasteiger charge is 2.53. The van der Waals surface area contributed by atoms with E-state index in [1.807, 2.05) is 6.07 Å². The molecule has 6 heteroatoms. The number of nitriles is 1. The summed E-state index contributed by atoms with van der Waals surface area (Å²) in [4.78, 5) is 26.7. The molecule has 116 valence electrons. The highest BCUT2D eigenvalue weighted by molar-refractivity contribution is 9.09. The number of carbonyl (C=O) groups excluding carboxylic acids is 2. The SMILES string of the molecule is CCOC(=O)C1(CCBr)CCN(c2ccc(C#N)cc2)C1=O. The molecule has 1 atom stereocenters. The number of hydrogen-bond acceptors (Lipinski definition) is 4. The number of rotatable bonds is 5. The lowest BCUT2D eigenvalue weighted by atomic mass is 9.83. The summed E-state index contributed by atoms with van der Waals surface area (Å²) in [6, 6.07) is 8.83. The van der Waals surface area contributed by atoms with E-state index in [2.05, 4.69) is 15.9 Å². The van der Waals surface area contributed by atoms with Crippen molar-refractivity contribution in [3.8, 4) is 6.07 Å². The lowest BCUT2D eigenvalue weighted by Gasteiger charge is -2.25. The van der Waals surface area contributed by atoms with Gasteiger partial charge in [-0.15, -0.1) is 0 Å². The van der Waals surface area contributed by atoms with Gasteiger partial charge < -0.3 is 9.64 Å². The van der Waals surface area contributed by atoms with Crippen molar-refractivity contribution < 1.29 is 14.3 Å². The minimum absolute atomic E-state index is 0.227. The first-order valence-electron chi connectivity index (χ1n) is 7.14. The van der Waals surface area contributed by atoms with Crippen molar-refractivity contribution in [2.75, 3.05) is 23.4 Å². The van der Waals surface area contributed by atoms with Crippen molar-refractivity contribution >= 4 is 33.5 Å². The molecule has 5 nitrogen and oxygen atoms in total. The molecule has 1 amide bonds. The minimum Gasteiger partial charge on any atom is -0.465 e. The van der Waals surface area contributed by atoms with Crippen molar-refractivity contribution in [2.45, 2.75) is 19.8 Å². The summed E-state index contributed by atoms with van der Waals surface area (Å²) in [7, 11) is 0. The van der Waals surface area contributed by atoms with Crippen molar-refractivity contribution in [3.05, 3.63) is 29.8 Å². The number of nitrogens with zero attached hydrogens (tertiary/aromatic N) is 2. The highest BCUT2D eigenvalue weighted by Crippen LogP contribution is 2.39. The van der Waals surface area contributed by atoms with Crippen molar-refractivity contribution in [1.29, 1.82) is 5.26 Å². The van der Waals surface area contributed by atoms with Gasteiger partial charge in [-0.25, -0.2) is 0 Å². The molecule has 0 aliphatic carbocycles. The molecule has 2 rings (SSSR count). The average Bonchev–Trinajstić information content (AvgIpc) is 2.86. The van der Waals surface area contributed by atoms with Crippen molar-refractivity contribution in [2.24, 2.45) is 5.41 Å². The smallest absolute Gasteiger partial charge is 0.321 e. The Morgan fingerprint density at radius 2 is 2.14 bits per heavy atom. The molecule has 0 spiro atoms. The maximum atomic E-state index is 12.8. The molecule has 1 aliphatic rings. The fourth-order valence-corrected chi connectivity index (χ4v) is 3.36. The van der Waals surface area contributed by atoms with E-state index in [4.69, 9.17) is 10.00 Å². The van der Waals surface area contributed by atoms with Crippen LogP contribution in [0.4, 0.5) is 5.69 Å². The van der Waals surface area contributed by atoms with Crippen LogP contribution in [0, 0.1) is 16.7 Å². The van der Waals surface area contributed by atoms with Crippen molar-refractivity contribution in [3.63, 3.8) is 0 Å². The molecule has 22 heavy (non-hydrogen) atoms. The molecule has 1 heterocycles. The Hall–Kier alpha value is -1.87. The lowest BCUT2D eigenvalue weighted by Crippen LogP contribution is -2.42. The monoisotopic (exact) mass is 364 g/mol. The van der Waals surface area contributed by atoms with Gasteiger partial charge in [-0.3, -0.25) is 9.59 Å². The molecule has 0 bridgehead atoms. The minimum atomic E-state index is -1.10. The Bertz CT molecular complexity index is 609. The predicted molar refractivity (Wildman–Crippen MR) is 85.6 cm³/mol. The molecule has 1 fully saturated rings. The molecule has 1 aliphatic heterocycles. The summed E-state index contributed by atoms with van der Waals surface area (Å²) < 4.78 is 5.12. The normalized spacial score (nSPS) is 20.8. The van der Waals surface area contributed by atoms with Crippen LogP contribution in [0.2, 0.25) is 0 Å². The summed E-state index contributed by atoms with van der Waals surface area (Å²) in [6.45, 7) is 2.46. The molecule has 0 aromatic heterocycles. The van der Waals surface area contributed by atoms with Gasteiger partial charge in [0.15, 0.2) is 0 Å². The Labute approximate surface area is 138 Å². The number of amides is 1. The van der Waals surface area contributed by atoms with E-state index in [9.17, 15) is 9.59 Å². The molecule has 0 radical (unpaired) electrons. The van der Waals surface area contributed by atoms with Gasteiger partial charge in [0.25, 0.3) is 0 Å². The lowest BCUT2D eigenvalue weighted by molar-refractivity contribution is -0.158. The number of halogens is 1. The Morgan fingerprint density at radius 3 is 2.68 bits per heavy atom. The number of benzene rings is 1. The molecule has 0 N–H and O–H groups in total. The first kappa shape index (κ1) is 16.5. The van der Waals surface area contributed by atoms with Gasteiger partial charge in [-0.05, 0) is 44.0 Å². The third-order valence-electron chi connectivity index (χ3n) is 3.91. The molecular formula is C16H17BrN2O3. The van der Waals surface area contributed by atoms with E-state index in [1.54, 1.807) is 36.1 Å². The van der Waals surface area contributed by atoms with Gasteiger partial charge in [0.05, 0.1) is 18.2 Å². The van der Waals surface area contributed by atoms with Crippen molar-refractivity contribution in [1.82, 2.24) is 0 Å². The Balaban J connectivity index is 2.29. The summed E-state index contributed by atoms with van der Waals surface area (Å²) in [5.74, 6) is -0.675. The second kappa shape index (κ2) is 6.93. The largest absolute Gasteiger partial charge is 0.465 e. The van der Waals surface area contributed by atoms with Gasteiger partial charge in [-0.1, -0.05) is 15.9 Å². The second-order valence-corrected chi connectivity index (χ2v) is 5.90. The molecule has 1 saturated heterocycles. The van der Waals surface area contributed by atoms with E-state index in [0.29, 0.717) is 36.0 Å². The van der Waals surface area contributed by atoms with E-state index in [1.165, 1.54) is 0 Å². The Kier molecular flexibility index (Phi) is 5.19. The van der Waals surface area contributed by atoms with Gasteiger partial charge in [-0.2, -0.15) is 5.26 Å². The number of alkyl halides is 1. The topological polar surface area (TPSA) is 70.4 Å². The zero-order valence-corrected chi connectivity index (χ0v) is 13.9. The summed E-state index contributed by atoms with van der Waals surface area (Å²) in [5, 5.41) is 9.39. The van der Waals surface area contributed by atoms with Crippen LogP contribution in [0.15, 0.2) is 24.3 Å². The maximum absolute atomic E-state index is 12.8. The van der Waals surface area contributed by atoms with Crippen LogP contribution in [0.25, 0.3) is 0 Å². The van der Waals surface area contributed by atoms with Crippen LogP contribution in [-0.2, 0) is 14.3 Å². The molecule has 1 aromatic carbocycles. The third kappa shape index (κ3) is 2.86. The second-order valence-electron chi connectivity index (χ2n) is 5.11. The molecule has 1 aromatic rings. The van der Waals surface area contributed by atoms with Gasteiger partial charge in [0.1, 0.15) is 5.41 Å². The zero-order valence-electron chi connectivity index (χ0n) is 12.3. The number of ether oxygens (including phenoxy) is 1. The van der Waals surface area contributed by atoms with E-state index in [-0.39, 0.29) is 12.5 Å². The Morgan fingerprint density at radius 1 is 1.45 bits per heavy atom.